The summed E-state index contributed by atoms with van der Waals surface area (Å²) < 4.78 is 0. The van der Waals surface area contributed by atoms with Crippen molar-refractivity contribution in [3.63, 3.8) is 0 Å². The van der Waals surface area contributed by atoms with Gasteiger partial charge >= 0.3 is 0 Å². The summed E-state index contributed by atoms with van der Waals surface area (Å²) in [7, 11) is 0. The van der Waals surface area contributed by atoms with Gasteiger partial charge < -0.3 is 20.9 Å². The molecule has 0 atom stereocenters. The Balaban J connectivity index is 1.24. The summed E-state index contributed by atoms with van der Waals surface area (Å²) in [5.41, 5.74) is 5.55. The van der Waals surface area contributed by atoms with Crippen LogP contribution in [0.15, 0.2) is 115 Å². The molecule has 0 fully saturated rings. The van der Waals surface area contributed by atoms with Crippen LogP contribution in [0, 0.1) is 0 Å². The van der Waals surface area contributed by atoms with Gasteiger partial charge in [0.05, 0.1) is 16.6 Å². The van der Waals surface area contributed by atoms with Crippen molar-refractivity contribution < 1.29 is 14.4 Å². The average molecular weight is 558 g/mol. The molecule has 0 spiro atoms. The molecule has 5 aromatic rings. The van der Waals surface area contributed by atoms with Gasteiger partial charge in [0.2, 0.25) is 17.7 Å². The van der Waals surface area contributed by atoms with E-state index in [0.29, 0.717) is 22.3 Å². The summed E-state index contributed by atoms with van der Waals surface area (Å²) in [6.45, 7) is 3.64. The molecule has 2 aromatic heterocycles. The first-order valence-electron chi connectivity index (χ1n) is 13.2. The number of carbonyl (C=O) groups is 3. The molecule has 0 unspecified atom stereocenters. The number of benzene rings is 3. The predicted octanol–water partition coefficient (Wildman–Crippen LogP) is 5.03. The topological polar surface area (TPSA) is 133 Å². The molecule has 208 valence electrons. The normalized spacial score (nSPS) is 10.6. The van der Waals surface area contributed by atoms with E-state index in [4.69, 9.17) is 4.98 Å². The number of aromatic nitrogens is 2. The minimum atomic E-state index is -0.482. The number of hydrogen-bond acceptors (Lipinski definition) is 5. The van der Waals surface area contributed by atoms with E-state index in [-0.39, 0.29) is 24.4 Å². The second kappa shape index (κ2) is 12.6. The van der Waals surface area contributed by atoms with Gasteiger partial charge in [0.1, 0.15) is 6.42 Å². The van der Waals surface area contributed by atoms with Gasteiger partial charge in [-0.15, -0.1) is 0 Å². The van der Waals surface area contributed by atoms with Crippen molar-refractivity contribution in [1.82, 2.24) is 15.3 Å². The first kappa shape index (κ1) is 27.7. The van der Waals surface area contributed by atoms with Crippen molar-refractivity contribution in [2.24, 2.45) is 0 Å². The third kappa shape index (κ3) is 6.65. The minimum Gasteiger partial charge on any atom is -0.352 e. The fourth-order valence-electron chi connectivity index (χ4n) is 4.43. The second-order valence-corrected chi connectivity index (χ2v) is 9.46. The molecule has 42 heavy (non-hydrogen) atoms. The van der Waals surface area contributed by atoms with Crippen molar-refractivity contribution in [3.8, 4) is 22.4 Å². The van der Waals surface area contributed by atoms with E-state index >= 15 is 0 Å². The van der Waals surface area contributed by atoms with Gasteiger partial charge in [-0.05, 0) is 47.5 Å². The molecule has 4 N–H and O–H groups in total. The Bertz CT molecular complexity index is 1850. The fourth-order valence-corrected chi connectivity index (χ4v) is 4.43. The molecular weight excluding hydrogens is 530 g/mol. The van der Waals surface area contributed by atoms with Crippen LogP contribution in [-0.4, -0.2) is 27.7 Å². The minimum absolute atomic E-state index is 0.200. The van der Waals surface area contributed by atoms with Crippen LogP contribution < -0.4 is 21.5 Å². The Morgan fingerprint density at radius 3 is 2.29 bits per heavy atom. The smallest absolute Gasteiger partial charge is 0.257 e. The molecule has 0 aliphatic carbocycles. The molecule has 0 aliphatic rings. The SMILES string of the molecule is C=CC(=O)Nc1cccc(NC(=O)CC(=O)NCc2ccc(-c3nc4cc[nH]c(=O)c4cc3-c3ccccc3)cc2)c1. The number of nitrogens with one attached hydrogen (secondary N) is 4. The lowest BCUT2D eigenvalue weighted by atomic mass is 9.97. The summed E-state index contributed by atoms with van der Waals surface area (Å²) in [5, 5.41) is 8.55. The molecule has 0 bridgehead atoms. The number of aromatic amines is 1. The lowest BCUT2D eigenvalue weighted by Gasteiger charge is -2.12. The third-order valence-corrected chi connectivity index (χ3v) is 6.47. The maximum absolute atomic E-state index is 12.4. The van der Waals surface area contributed by atoms with Crippen LogP contribution in [0.25, 0.3) is 33.3 Å². The molecule has 9 heteroatoms. The quantitative estimate of drug-likeness (QED) is 0.149. The zero-order chi connectivity index (χ0) is 29.5. The number of pyridine rings is 2. The molecule has 5 rings (SSSR count). The Morgan fingerprint density at radius 2 is 1.55 bits per heavy atom. The Labute approximate surface area is 241 Å². The Hall–Kier alpha value is -5.83. The largest absolute Gasteiger partial charge is 0.352 e. The van der Waals surface area contributed by atoms with E-state index in [0.717, 1.165) is 34.0 Å². The van der Waals surface area contributed by atoms with E-state index in [1.165, 1.54) is 0 Å². The first-order valence-corrected chi connectivity index (χ1v) is 13.2. The number of H-pyrrole nitrogens is 1. The standard InChI is InChI=1S/C33H27N5O4/c1-2-29(39)36-24-9-6-10-25(17-24)37-31(41)19-30(40)35-20-21-11-13-23(14-12-21)32-26(22-7-4-3-5-8-22)18-27-28(38-32)15-16-34-33(27)42/h2-18H,1,19-20H2,(H,34,42)(H,35,40)(H,36,39)(H,37,41). The number of nitrogens with zero attached hydrogens (tertiary/aromatic N) is 1. The van der Waals surface area contributed by atoms with Gasteiger partial charge in [0, 0.05) is 35.2 Å². The van der Waals surface area contributed by atoms with Crippen LogP contribution in [0.2, 0.25) is 0 Å². The van der Waals surface area contributed by atoms with E-state index in [2.05, 4.69) is 27.5 Å². The highest BCUT2D eigenvalue weighted by Crippen LogP contribution is 2.32. The highest BCUT2D eigenvalue weighted by molar-refractivity contribution is 6.04. The van der Waals surface area contributed by atoms with Crippen LogP contribution in [0.1, 0.15) is 12.0 Å². The molecule has 3 amide bonds. The van der Waals surface area contributed by atoms with Crippen molar-refractivity contribution >= 4 is 40.0 Å². The molecular formula is C33H27N5O4. The van der Waals surface area contributed by atoms with Crippen LogP contribution in [0.4, 0.5) is 11.4 Å². The maximum Gasteiger partial charge on any atom is 0.257 e. The van der Waals surface area contributed by atoms with Crippen LogP contribution in [0.3, 0.4) is 0 Å². The van der Waals surface area contributed by atoms with E-state index in [1.807, 2.05) is 60.7 Å². The Kier molecular flexibility index (Phi) is 8.29. The van der Waals surface area contributed by atoms with Crippen LogP contribution in [-0.2, 0) is 20.9 Å². The van der Waals surface area contributed by atoms with Gasteiger partial charge in [-0.3, -0.25) is 19.2 Å². The Morgan fingerprint density at radius 1 is 0.810 bits per heavy atom. The van der Waals surface area contributed by atoms with Crippen LogP contribution >= 0.6 is 0 Å². The predicted molar refractivity (Wildman–Crippen MR) is 164 cm³/mol. The monoisotopic (exact) mass is 557 g/mol. The molecule has 2 heterocycles. The zero-order valence-electron chi connectivity index (χ0n) is 22.5. The van der Waals surface area contributed by atoms with E-state index < -0.39 is 11.8 Å². The zero-order valence-corrected chi connectivity index (χ0v) is 22.5. The average Bonchev–Trinajstić information content (AvgIpc) is 3.00. The maximum atomic E-state index is 12.4. The number of hydrogen-bond donors (Lipinski definition) is 4. The summed E-state index contributed by atoms with van der Waals surface area (Å²) in [5.74, 6) is -1.28. The lowest BCUT2D eigenvalue weighted by molar-refractivity contribution is -0.127. The van der Waals surface area contributed by atoms with Gasteiger partial charge in [0.15, 0.2) is 0 Å². The van der Waals surface area contributed by atoms with Crippen molar-refractivity contribution in [2.75, 3.05) is 10.6 Å². The van der Waals surface area contributed by atoms with Gasteiger partial charge in [-0.2, -0.15) is 0 Å². The van der Waals surface area contributed by atoms with Crippen LogP contribution in [0.5, 0.6) is 0 Å². The highest BCUT2D eigenvalue weighted by Gasteiger charge is 2.14. The number of fused-ring (bicyclic) bond motifs is 1. The number of carbonyl (C=O) groups excluding carboxylic acids is 3. The molecule has 0 aliphatic heterocycles. The highest BCUT2D eigenvalue weighted by atomic mass is 16.2. The number of amides is 3. The lowest BCUT2D eigenvalue weighted by Crippen LogP contribution is -2.27. The van der Waals surface area contributed by atoms with Crippen molar-refractivity contribution in [1.29, 1.82) is 0 Å². The van der Waals surface area contributed by atoms with Crippen molar-refractivity contribution in [2.45, 2.75) is 13.0 Å². The van der Waals surface area contributed by atoms with Crippen molar-refractivity contribution in [3.05, 3.63) is 126 Å². The molecule has 3 aromatic carbocycles. The summed E-state index contributed by atoms with van der Waals surface area (Å²) >= 11 is 0. The molecule has 9 nitrogen and oxygen atoms in total. The molecule has 0 saturated carbocycles. The van der Waals surface area contributed by atoms with Gasteiger partial charge in [-0.25, -0.2) is 4.98 Å². The number of rotatable bonds is 9. The number of anilines is 2. The van der Waals surface area contributed by atoms with Gasteiger partial charge in [-0.1, -0.05) is 67.2 Å². The van der Waals surface area contributed by atoms with Gasteiger partial charge in [0.25, 0.3) is 5.56 Å². The summed E-state index contributed by atoms with van der Waals surface area (Å²) in [6.07, 6.45) is 2.37. The fraction of sp³-hybridized carbons (Fsp3) is 0.0606. The molecule has 0 saturated heterocycles. The summed E-state index contributed by atoms with van der Waals surface area (Å²) in [6, 6.07) is 27.6. The summed E-state index contributed by atoms with van der Waals surface area (Å²) in [4.78, 5) is 56.3. The van der Waals surface area contributed by atoms with E-state index in [9.17, 15) is 19.2 Å². The third-order valence-electron chi connectivity index (χ3n) is 6.47. The van der Waals surface area contributed by atoms with E-state index in [1.54, 1.807) is 36.5 Å². The molecule has 0 radical (unpaired) electrons. The first-order chi connectivity index (χ1) is 20.4. The second-order valence-electron chi connectivity index (χ2n) is 9.46.